The Balaban J connectivity index is 2.48. The van der Waals surface area contributed by atoms with Gasteiger partial charge in [0.05, 0.1) is 0 Å². The van der Waals surface area contributed by atoms with Gasteiger partial charge in [-0.25, -0.2) is 0 Å². The highest BCUT2D eigenvalue weighted by Crippen LogP contribution is 2.22. The van der Waals surface area contributed by atoms with Gasteiger partial charge in [-0.15, -0.1) is 11.8 Å². The fourth-order valence-electron chi connectivity index (χ4n) is 1.84. The van der Waals surface area contributed by atoms with Crippen LogP contribution in [0.5, 0.6) is 0 Å². The van der Waals surface area contributed by atoms with Crippen molar-refractivity contribution in [1.82, 2.24) is 5.32 Å². The summed E-state index contributed by atoms with van der Waals surface area (Å²) >= 11 is 1.86. The number of nitrogens with one attached hydrogen (secondary N) is 2. The van der Waals surface area contributed by atoms with Gasteiger partial charge in [-0.2, -0.15) is 0 Å². The lowest BCUT2D eigenvalue weighted by molar-refractivity contribution is -0.114. The topological polar surface area (TPSA) is 41.1 Å². The van der Waals surface area contributed by atoms with Gasteiger partial charge in [0.15, 0.2) is 0 Å². The molecule has 112 valence electrons. The van der Waals surface area contributed by atoms with Gasteiger partial charge in [0, 0.05) is 29.3 Å². The molecule has 1 aromatic rings. The van der Waals surface area contributed by atoms with Crippen LogP contribution >= 0.6 is 11.8 Å². The van der Waals surface area contributed by atoms with Crippen molar-refractivity contribution in [3.63, 3.8) is 0 Å². The van der Waals surface area contributed by atoms with Crippen molar-refractivity contribution in [2.24, 2.45) is 5.92 Å². The van der Waals surface area contributed by atoms with Crippen LogP contribution in [0, 0.1) is 5.92 Å². The van der Waals surface area contributed by atoms with Gasteiger partial charge < -0.3 is 10.6 Å². The predicted molar refractivity (Wildman–Crippen MR) is 88.4 cm³/mol. The van der Waals surface area contributed by atoms with Crippen LogP contribution in [-0.2, 0) is 4.79 Å². The molecule has 1 aromatic carbocycles. The largest absolute Gasteiger partial charge is 0.326 e. The van der Waals surface area contributed by atoms with E-state index in [1.165, 1.54) is 18.2 Å². The average molecular weight is 294 g/mol. The monoisotopic (exact) mass is 294 g/mol. The van der Waals surface area contributed by atoms with Crippen LogP contribution in [0.4, 0.5) is 5.69 Å². The molecule has 0 saturated heterocycles. The van der Waals surface area contributed by atoms with E-state index in [-0.39, 0.29) is 5.91 Å². The minimum absolute atomic E-state index is 0.0333. The third kappa shape index (κ3) is 6.44. The molecule has 0 bridgehead atoms. The smallest absolute Gasteiger partial charge is 0.221 e. The highest BCUT2D eigenvalue weighted by atomic mass is 32.2. The zero-order valence-electron chi connectivity index (χ0n) is 12.9. The van der Waals surface area contributed by atoms with E-state index in [0.29, 0.717) is 12.0 Å². The van der Waals surface area contributed by atoms with Gasteiger partial charge in [-0.05, 0) is 43.1 Å². The van der Waals surface area contributed by atoms with Crippen molar-refractivity contribution < 1.29 is 4.79 Å². The number of rotatable bonds is 8. The standard InChI is InChI=1S/C16H26N2OS/c1-5-10-17-16(12(2)3)11-20-15-8-6-14(7-9-15)18-13(4)19/h6-9,12,16-17H,5,10-11H2,1-4H3,(H,18,19). The van der Waals surface area contributed by atoms with E-state index in [2.05, 4.69) is 43.5 Å². The second kappa shape index (κ2) is 9.03. The first-order valence-electron chi connectivity index (χ1n) is 7.26. The normalized spacial score (nSPS) is 12.4. The Morgan fingerprint density at radius 2 is 1.90 bits per heavy atom. The van der Waals surface area contributed by atoms with E-state index in [1.807, 2.05) is 23.9 Å². The summed E-state index contributed by atoms with van der Waals surface area (Å²) < 4.78 is 0. The molecular weight excluding hydrogens is 268 g/mol. The van der Waals surface area contributed by atoms with E-state index in [4.69, 9.17) is 0 Å². The number of hydrogen-bond donors (Lipinski definition) is 2. The van der Waals surface area contributed by atoms with Gasteiger partial charge in [-0.1, -0.05) is 20.8 Å². The first-order valence-corrected chi connectivity index (χ1v) is 8.25. The summed E-state index contributed by atoms with van der Waals surface area (Å²) in [5, 5.41) is 6.38. The molecule has 3 nitrogen and oxygen atoms in total. The SMILES string of the molecule is CCCNC(CSc1ccc(NC(C)=O)cc1)C(C)C. The van der Waals surface area contributed by atoms with E-state index >= 15 is 0 Å². The summed E-state index contributed by atoms with van der Waals surface area (Å²) in [6.07, 6.45) is 1.17. The van der Waals surface area contributed by atoms with Crippen LogP contribution in [0.2, 0.25) is 0 Å². The molecular formula is C16H26N2OS. The summed E-state index contributed by atoms with van der Waals surface area (Å²) in [5.74, 6) is 1.67. The Kier molecular flexibility index (Phi) is 7.70. The molecule has 4 heteroatoms. The minimum atomic E-state index is -0.0333. The van der Waals surface area contributed by atoms with Crippen LogP contribution in [0.1, 0.15) is 34.1 Å². The maximum absolute atomic E-state index is 11.0. The average Bonchev–Trinajstić information content (AvgIpc) is 2.39. The highest BCUT2D eigenvalue weighted by molar-refractivity contribution is 7.99. The summed E-state index contributed by atoms with van der Waals surface area (Å²) in [5.41, 5.74) is 0.853. The van der Waals surface area contributed by atoms with Crippen molar-refractivity contribution in [3.05, 3.63) is 24.3 Å². The fraction of sp³-hybridized carbons (Fsp3) is 0.562. The molecule has 0 aliphatic rings. The maximum Gasteiger partial charge on any atom is 0.221 e. The zero-order valence-corrected chi connectivity index (χ0v) is 13.7. The third-order valence-electron chi connectivity index (χ3n) is 3.07. The summed E-state index contributed by atoms with van der Waals surface area (Å²) in [4.78, 5) is 12.2. The van der Waals surface area contributed by atoms with Gasteiger partial charge in [0.2, 0.25) is 5.91 Å². The molecule has 20 heavy (non-hydrogen) atoms. The van der Waals surface area contributed by atoms with Crippen molar-refractivity contribution in [2.75, 3.05) is 17.6 Å². The van der Waals surface area contributed by atoms with Crippen molar-refractivity contribution in [2.45, 2.75) is 45.1 Å². The Morgan fingerprint density at radius 3 is 2.40 bits per heavy atom. The quantitative estimate of drug-likeness (QED) is 0.717. The Hall–Kier alpha value is -1.00. The van der Waals surface area contributed by atoms with E-state index in [0.717, 1.165) is 18.0 Å². The van der Waals surface area contributed by atoms with E-state index in [1.54, 1.807) is 0 Å². The minimum Gasteiger partial charge on any atom is -0.326 e. The van der Waals surface area contributed by atoms with Crippen molar-refractivity contribution >= 4 is 23.4 Å². The van der Waals surface area contributed by atoms with Crippen LogP contribution in [0.3, 0.4) is 0 Å². The highest BCUT2D eigenvalue weighted by Gasteiger charge is 2.12. The van der Waals surface area contributed by atoms with Gasteiger partial charge >= 0.3 is 0 Å². The molecule has 0 heterocycles. The van der Waals surface area contributed by atoms with Crippen LogP contribution < -0.4 is 10.6 Å². The lowest BCUT2D eigenvalue weighted by Crippen LogP contribution is -2.36. The molecule has 1 atom stereocenters. The molecule has 0 aromatic heterocycles. The molecule has 0 aliphatic carbocycles. The number of benzene rings is 1. The Morgan fingerprint density at radius 1 is 1.25 bits per heavy atom. The lowest BCUT2D eigenvalue weighted by atomic mass is 10.1. The number of hydrogen-bond acceptors (Lipinski definition) is 3. The first-order chi connectivity index (χ1) is 9.52. The van der Waals surface area contributed by atoms with Crippen LogP contribution in [-0.4, -0.2) is 24.2 Å². The summed E-state index contributed by atoms with van der Waals surface area (Å²) in [6.45, 7) is 9.31. The molecule has 1 rings (SSSR count). The zero-order chi connectivity index (χ0) is 15.0. The molecule has 2 N–H and O–H groups in total. The maximum atomic E-state index is 11.0. The fourth-order valence-corrected chi connectivity index (χ4v) is 3.04. The van der Waals surface area contributed by atoms with Gasteiger partial charge in [-0.3, -0.25) is 4.79 Å². The van der Waals surface area contributed by atoms with Crippen molar-refractivity contribution in [1.29, 1.82) is 0 Å². The molecule has 0 spiro atoms. The number of carbonyl (C=O) groups excluding carboxylic acids is 1. The summed E-state index contributed by atoms with van der Waals surface area (Å²) in [6, 6.07) is 8.57. The Bertz CT molecular complexity index is 403. The molecule has 0 saturated carbocycles. The number of thioether (sulfide) groups is 1. The molecule has 0 radical (unpaired) electrons. The number of amides is 1. The molecule has 0 aliphatic heterocycles. The van der Waals surface area contributed by atoms with Crippen LogP contribution in [0.15, 0.2) is 29.2 Å². The lowest BCUT2D eigenvalue weighted by Gasteiger charge is -2.22. The molecule has 0 fully saturated rings. The second-order valence-electron chi connectivity index (χ2n) is 5.32. The number of carbonyl (C=O) groups is 1. The van der Waals surface area contributed by atoms with Gasteiger partial charge in [0.1, 0.15) is 0 Å². The summed E-state index contributed by atoms with van der Waals surface area (Å²) in [7, 11) is 0. The predicted octanol–water partition coefficient (Wildman–Crippen LogP) is 3.76. The van der Waals surface area contributed by atoms with E-state index < -0.39 is 0 Å². The van der Waals surface area contributed by atoms with Gasteiger partial charge in [0.25, 0.3) is 0 Å². The third-order valence-corrected chi connectivity index (χ3v) is 4.20. The molecule has 1 amide bonds. The molecule has 1 unspecified atom stereocenters. The first kappa shape index (κ1) is 17.1. The van der Waals surface area contributed by atoms with Crippen molar-refractivity contribution in [3.8, 4) is 0 Å². The second-order valence-corrected chi connectivity index (χ2v) is 6.41. The Labute approximate surface area is 126 Å². The van der Waals surface area contributed by atoms with E-state index in [9.17, 15) is 4.79 Å². The number of anilines is 1. The van der Waals surface area contributed by atoms with Crippen LogP contribution in [0.25, 0.3) is 0 Å².